The Morgan fingerprint density at radius 1 is 0.641 bits per heavy atom. The van der Waals surface area contributed by atoms with Crippen molar-refractivity contribution < 1.29 is 26.3 Å². The second-order valence-corrected chi connectivity index (χ2v) is 12.5. The molecule has 2 aromatic rings. The number of thioether (sulfide) groups is 2. The summed E-state index contributed by atoms with van der Waals surface area (Å²) in [5.41, 5.74) is -2.08. The third kappa shape index (κ3) is 3.44. The number of nitrogens with zero attached hydrogens (tertiary/aromatic N) is 2. The molecule has 4 aliphatic rings. The van der Waals surface area contributed by atoms with Crippen LogP contribution in [0.5, 0.6) is 0 Å². The number of pyridine rings is 2. The number of hydrogen-bond acceptors (Lipinski definition) is 4. The van der Waals surface area contributed by atoms with Crippen LogP contribution in [0.2, 0.25) is 0 Å². The lowest BCUT2D eigenvalue weighted by atomic mass is 9.71. The first kappa shape index (κ1) is 25.9. The van der Waals surface area contributed by atoms with Crippen LogP contribution in [-0.4, -0.2) is 37.2 Å². The van der Waals surface area contributed by atoms with E-state index in [1.807, 2.05) is 0 Å². The van der Waals surface area contributed by atoms with Gasteiger partial charge in [0.15, 0.2) is 0 Å². The van der Waals surface area contributed by atoms with Crippen molar-refractivity contribution in [1.82, 2.24) is 9.97 Å². The van der Waals surface area contributed by atoms with Crippen LogP contribution in [0, 0.1) is 23.7 Å². The minimum Gasteiger partial charge on any atom is -0.263 e. The van der Waals surface area contributed by atoms with E-state index in [0.717, 1.165) is 23.5 Å². The molecule has 1 fully saturated rings. The molecule has 0 saturated heterocycles. The first-order chi connectivity index (χ1) is 18.3. The van der Waals surface area contributed by atoms with Gasteiger partial charge in [-0.05, 0) is 61.4 Å². The summed E-state index contributed by atoms with van der Waals surface area (Å²) in [5, 5.41) is 0. The van der Waals surface area contributed by atoms with E-state index in [2.05, 4.69) is 33.6 Å². The average molecular weight is 571 g/mol. The summed E-state index contributed by atoms with van der Waals surface area (Å²) >= 11 is 2.19. The number of halogens is 6. The van der Waals surface area contributed by atoms with Crippen LogP contribution in [0.15, 0.2) is 93.3 Å². The van der Waals surface area contributed by atoms with Gasteiger partial charge in [0.1, 0.15) is 0 Å². The Hall–Kier alpha value is -3.34. The maximum atomic E-state index is 15.3. The predicted octanol–water partition coefficient (Wildman–Crippen LogP) is 7.18. The molecule has 2 nitrogen and oxygen atoms in total. The van der Waals surface area contributed by atoms with Crippen molar-refractivity contribution in [1.29, 1.82) is 0 Å². The largest absolute Gasteiger partial charge is 0.380 e. The van der Waals surface area contributed by atoms with E-state index in [4.69, 9.17) is 0 Å². The summed E-state index contributed by atoms with van der Waals surface area (Å²) in [4.78, 5) is 8.55. The van der Waals surface area contributed by atoms with Crippen molar-refractivity contribution in [2.24, 2.45) is 0 Å². The van der Waals surface area contributed by atoms with E-state index in [-0.39, 0.29) is 11.1 Å². The van der Waals surface area contributed by atoms with Crippen molar-refractivity contribution in [2.45, 2.75) is 41.1 Å². The van der Waals surface area contributed by atoms with E-state index < -0.39 is 38.4 Å². The predicted molar refractivity (Wildman–Crippen MR) is 139 cm³/mol. The standard InChI is InChI=1S/C29H16F6N2S2/c1-25-21(13-19(38-25)9-7-17-5-3-11-36-15-17)23-24(28(32,33)29(34,35)27(23,30)31)22-14-20(39-26(22,25)2)10-8-18-6-4-12-37-16-18/h3-6,11-16H,1-2H3/t25-,26-/m1/s1. The smallest absolute Gasteiger partial charge is 0.263 e. The third-order valence-corrected chi connectivity index (χ3v) is 10.4. The molecular formula is C29H16F6N2S2. The highest BCUT2D eigenvalue weighted by molar-refractivity contribution is 8.09. The van der Waals surface area contributed by atoms with Gasteiger partial charge < -0.3 is 0 Å². The number of allylic oxidation sites excluding steroid dienone is 6. The number of fused-ring (bicyclic) bond motifs is 4. The fraction of sp³-hybridized carbons (Fsp3) is 0.241. The fourth-order valence-electron chi connectivity index (χ4n) is 5.17. The summed E-state index contributed by atoms with van der Waals surface area (Å²) in [6.07, 6.45) is 8.65. The molecule has 0 aromatic carbocycles. The molecule has 0 spiro atoms. The van der Waals surface area contributed by atoms with Crippen LogP contribution < -0.4 is 0 Å². The van der Waals surface area contributed by atoms with Crippen LogP contribution in [0.25, 0.3) is 0 Å². The van der Waals surface area contributed by atoms with Crippen LogP contribution in [0.1, 0.15) is 25.0 Å². The third-order valence-electron chi connectivity index (χ3n) is 7.31. The van der Waals surface area contributed by atoms with Gasteiger partial charge >= 0.3 is 17.8 Å². The first-order valence-corrected chi connectivity index (χ1v) is 13.3. The lowest BCUT2D eigenvalue weighted by Gasteiger charge is -2.46. The van der Waals surface area contributed by atoms with Gasteiger partial charge in [-0.1, -0.05) is 23.7 Å². The van der Waals surface area contributed by atoms with Gasteiger partial charge in [-0.2, -0.15) is 26.3 Å². The van der Waals surface area contributed by atoms with Gasteiger partial charge in [-0.15, -0.1) is 23.5 Å². The van der Waals surface area contributed by atoms with E-state index in [0.29, 0.717) is 20.9 Å². The summed E-state index contributed by atoms with van der Waals surface area (Å²) in [6, 6.07) is 6.75. The Morgan fingerprint density at radius 3 is 1.41 bits per heavy atom. The number of hydrogen-bond donors (Lipinski definition) is 0. The van der Waals surface area contributed by atoms with Gasteiger partial charge in [0.05, 0.1) is 19.3 Å². The van der Waals surface area contributed by atoms with Crippen LogP contribution in [0.3, 0.4) is 0 Å². The summed E-state index contributed by atoms with van der Waals surface area (Å²) < 4.78 is 88.3. The van der Waals surface area contributed by atoms with Crippen molar-refractivity contribution in [2.75, 3.05) is 0 Å². The van der Waals surface area contributed by atoms with E-state index in [1.165, 1.54) is 24.5 Å². The molecule has 2 aliphatic heterocycles. The molecule has 10 heteroatoms. The molecule has 6 rings (SSSR count). The summed E-state index contributed by atoms with van der Waals surface area (Å²) in [7, 11) is 0. The Bertz CT molecular complexity index is 1550. The summed E-state index contributed by atoms with van der Waals surface area (Å²) in [5.74, 6) is -4.28. The van der Waals surface area contributed by atoms with E-state index >= 15 is 17.6 Å². The minimum atomic E-state index is -5.61. The lowest BCUT2D eigenvalue weighted by Crippen LogP contribution is -2.48. The maximum Gasteiger partial charge on any atom is 0.380 e. The molecule has 0 bridgehead atoms. The lowest BCUT2D eigenvalue weighted by molar-refractivity contribution is -0.258. The second kappa shape index (κ2) is 8.33. The normalized spacial score (nSPS) is 28.8. The fourth-order valence-corrected chi connectivity index (χ4v) is 8.01. The highest BCUT2D eigenvalue weighted by Crippen LogP contribution is 2.73. The monoisotopic (exact) mass is 570 g/mol. The second-order valence-electron chi connectivity index (χ2n) is 9.57. The molecule has 0 radical (unpaired) electrons. The average Bonchev–Trinajstić information content (AvgIpc) is 3.46. The van der Waals surface area contributed by atoms with Gasteiger partial charge in [-0.3, -0.25) is 9.97 Å². The zero-order valence-corrected chi connectivity index (χ0v) is 21.9. The number of rotatable bonds is 0. The van der Waals surface area contributed by atoms with Gasteiger partial charge in [0, 0.05) is 47.1 Å². The molecule has 39 heavy (non-hydrogen) atoms. The molecule has 0 amide bonds. The van der Waals surface area contributed by atoms with Crippen molar-refractivity contribution in [3.63, 3.8) is 0 Å². The number of alkyl halides is 6. The maximum absolute atomic E-state index is 15.3. The molecular weight excluding hydrogens is 554 g/mol. The quantitative estimate of drug-likeness (QED) is 0.248. The van der Waals surface area contributed by atoms with Crippen LogP contribution >= 0.6 is 23.5 Å². The van der Waals surface area contributed by atoms with Gasteiger partial charge in [-0.25, -0.2) is 0 Å². The Kier molecular flexibility index (Phi) is 5.53. The minimum absolute atomic E-state index is 0.270. The van der Waals surface area contributed by atoms with Crippen molar-refractivity contribution in [3.8, 4) is 23.7 Å². The number of aromatic nitrogens is 2. The molecule has 196 valence electrons. The Labute approximate surface area is 228 Å². The molecule has 0 N–H and O–H groups in total. The summed E-state index contributed by atoms with van der Waals surface area (Å²) in [6.45, 7) is 3.21. The Morgan fingerprint density at radius 2 is 1.05 bits per heavy atom. The molecule has 2 aliphatic carbocycles. The highest BCUT2D eigenvalue weighted by atomic mass is 32.2. The van der Waals surface area contributed by atoms with Crippen molar-refractivity contribution >= 4 is 23.5 Å². The molecule has 2 aromatic heterocycles. The zero-order chi connectivity index (χ0) is 27.8. The first-order valence-electron chi connectivity index (χ1n) is 11.6. The van der Waals surface area contributed by atoms with Gasteiger partial charge in [0.2, 0.25) is 0 Å². The molecule has 4 heterocycles. The zero-order valence-electron chi connectivity index (χ0n) is 20.3. The SMILES string of the molecule is C[C@@]12SC(C#Cc3cccnc3)=CC1=C1C(=C3C=C(C#Cc4cccnc4)S[C@]32C)C(F)(F)C(F)(F)C1(F)F. The Balaban J connectivity index is 1.56. The van der Waals surface area contributed by atoms with Crippen LogP contribution in [0.4, 0.5) is 26.3 Å². The highest BCUT2D eigenvalue weighted by Gasteiger charge is 2.84. The van der Waals surface area contributed by atoms with Crippen molar-refractivity contribution in [3.05, 3.63) is 104 Å². The topological polar surface area (TPSA) is 25.8 Å². The van der Waals surface area contributed by atoms with E-state index in [9.17, 15) is 8.78 Å². The van der Waals surface area contributed by atoms with Crippen LogP contribution in [-0.2, 0) is 0 Å². The molecule has 1 saturated carbocycles. The van der Waals surface area contributed by atoms with Gasteiger partial charge in [0.25, 0.3) is 0 Å². The molecule has 2 atom stereocenters. The molecule has 0 unspecified atom stereocenters. The van der Waals surface area contributed by atoms with E-state index in [1.54, 1.807) is 50.5 Å².